The van der Waals surface area contributed by atoms with Crippen molar-refractivity contribution in [3.05, 3.63) is 64.9 Å². The van der Waals surface area contributed by atoms with Crippen molar-refractivity contribution in [1.82, 2.24) is 10.1 Å². The number of aromatic nitrogens is 2. The number of nitrogens with zero attached hydrogens (tertiary/aromatic N) is 2. The standard InChI is InChI=1S/C18H14ClN3O4/c1-2-25-18(24)14-15(11-5-7-13(19)8-6-11)22-26-17(14)21-16(23)12-4-3-9-20-10-12/h3-10H,2H2,1H3,(H,21,23). The van der Waals surface area contributed by atoms with E-state index >= 15 is 0 Å². The zero-order valence-electron chi connectivity index (χ0n) is 13.7. The number of carbonyl (C=O) groups excluding carboxylic acids is 2. The molecule has 3 rings (SSSR count). The van der Waals surface area contributed by atoms with Gasteiger partial charge in [-0.2, -0.15) is 0 Å². The van der Waals surface area contributed by atoms with Crippen molar-refractivity contribution in [3.63, 3.8) is 0 Å². The quantitative estimate of drug-likeness (QED) is 0.685. The summed E-state index contributed by atoms with van der Waals surface area (Å²) in [5.41, 5.74) is 1.20. The molecule has 0 unspecified atom stereocenters. The average Bonchev–Trinajstić information content (AvgIpc) is 3.07. The molecule has 3 aromatic rings. The first kappa shape index (κ1) is 17.6. The van der Waals surface area contributed by atoms with Gasteiger partial charge in [-0.15, -0.1) is 0 Å². The van der Waals surface area contributed by atoms with Gasteiger partial charge in [0, 0.05) is 23.0 Å². The summed E-state index contributed by atoms with van der Waals surface area (Å²) in [6.45, 7) is 1.85. The predicted molar refractivity (Wildman–Crippen MR) is 95.1 cm³/mol. The molecule has 8 heteroatoms. The number of hydrogen-bond donors (Lipinski definition) is 1. The molecule has 0 radical (unpaired) electrons. The van der Waals surface area contributed by atoms with E-state index in [0.717, 1.165) is 0 Å². The third kappa shape index (κ3) is 3.73. The van der Waals surface area contributed by atoms with Crippen molar-refractivity contribution in [2.75, 3.05) is 11.9 Å². The molecule has 0 aliphatic rings. The number of amides is 1. The number of carbonyl (C=O) groups is 2. The second kappa shape index (κ2) is 7.79. The number of nitrogens with one attached hydrogen (secondary N) is 1. The molecule has 132 valence electrons. The lowest BCUT2D eigenvalue weighted by atomic mass is 10.1. The summed E-state index contributed by atoms with van der Waals surface area (Å²) in [6.07, 6.45) is 2.95. The summed E-state index contributed by atoms with van der Waals surface area (Å²) in [7, 11) is 0. The van der Waals surface area contributed by atoms with Crippen LogP contribution in [-0.2, 0) is 4.74 Å². The van der Waals surface area contributed by atoms with Crippen molar-refractivity contribution in [3.8, 4) is 11.3 Å². The Balaban J connectivity index is 1.98. The van der Waals surface area contributed by atoms with E-state index in [-0.39, 0.29) is 23.7 Å². The van der Waals surface area contributed by atoms with Crippen LogP contribution < -0.4 is 5.32 Å². The maximum absolute atomic E-state index is 12.4. The summed E-state index contributed by atoms with van der Waals surface area (Å²) in [5, 5.41) is 6.99. The highest BCUT2D eigenvalue weighted by atomic mass is 35.5. The van der Waals surface area contributed by atoms with Gasteiger partial charge in [0.25, 0.3) is 5.91 Å². The number of esters is 1. The second-order valence-electron chi connectivity index (χ2n) is 5.16. The maximum Gasteiger partial charge on any atom is 0.346 e. The molecule has 0 aliphatic carbocycles. The number of rotatable bonds is 5. The molecule has 0 aliphatic heterocycles. The Hall–Kier alpha value is -3.19. The lowest BCUT2D eigenvalue weighted by molar-refractivity contribution is 0.0528. The summed E-state index contributed by atoms with van der Waals surface area (Å²) in [5.74, 6) is -1.23. The first-order valence-electron chi connectivity index (χ1n) is 7.74. The van der Waals surface area contributed by atoms with Gasteiger partial charge >= 0.3 is 5.97 Å². The predicted octanol–water partition coefficient (Wildman–Crippen LogP) is 3.82. The van der Waals surface area contributed by atoms with Crippen LogP contribution in [-0.4, -0.2) is 28.6 Å². The molecular formula is C18H14ClN3O4. The van der Waals surface area contributed by atoms with E-state index in [4.69, 9.17) is 20.9 Å². The Morgan fingerprint density at radius 2 is 2.00 bits per heavy atom. The molecule has 7 nitrogen and oxygen atoms in total. The van der Waals surface area contributed by atoms with Gasteiger partial charge in [-0.1, -0.05) is 28.9 Å². The molecule has 26 heavy (non-hydrogen) atoms. The zero-order chi connectivity index (χ0) is 18.5. The molecule has 0 spiro atoms. The minimum atomic E-state index is -0.653. The lowest BCUT2D eigenvalue weighted by Gasteiger charge is -2.05. The minimum Gasteiger partial charge on any atom is -0.462 e. The zero-order valence-corrected chi connectivity index (χ0v) is 14.5. The molecule has 1 aromatic carbocycles. The van der Waals surface area contributed by atoms with Gasteiger partial charge in [-0.3, -0.25) is 15.1 Å². The Bertz CT molecular complexity index is 923. The molecule has 1 amide bonds. The molecule has 0 saturated heterocycles. The van der Waals surface area contributed by atoms with Gasteiger partial charge in [0.15, 0.2) is 5.56 Å². The van der Waals surface area contributed by atoms with Crippen LogP contribution in [0.15, 0.2) is 53.3 Å². The SMILES string of the molecule is CCOC(=O)c1c(-c2ccc(Cl)cc2)noc1NC(=O)c1cccnc1. The summed E-state index contributed by atoms with van der Waals surface area (Å²) in [6, 6.07) is 9.91. The molecule has 2 aromatic heterocycles. The molecular weight excluding hydrogens is 358 g/mol. The molecule has 2 heterocycles. The number of pyridine rings is 1. The fraction of sp³-hybridized carbons (Fsp3) is 0.111. The van der Waals surface area contributed by atoms with Crippen molar-refractivity contribution >= 4 is 29.4 Å². The van der Waals surface area contributed by atoms with E-state index in [1.807, 2.05) is 0 Å². The van der Waals surface area contributed by atoms with Crippen molar-refractivity contribution < 1.29 is 18.8 Å². The highest BCUT2D eigenvalue weighted by molar-refractivity contribution is 6.30. The Labute approximate surface area is 153 Å². The summed E-state index contributed by atoms with van der Waals surface area (Å²) in [4.78, 5) is 28.6. The van der Waals surface area contributed by atoms with Crippen LogP contribution in [0.25, 0.3) is 11.3 Å². The largest absolute Gasteiger partial charge is 0.462 e. The minimum absolute atomic E-state index is 0.0337. The van der Waals surface area contributed by atoms with Crippen molar-refractivity contribution in [2.45, 2.75) is 6.92 Å². The summed E-state index contributed by atoms with van der Waals surface area (Å²) >= 11 is 5.89. The van der Waals surface area contributed by atoms with Crippen molar-refractivity contribution in [1.29, 1.82) is 0 Å². The highest BCUT2D eigenvalue weighted by Crippen LogP contribution is 2.30. The molecule has 0 fully saturated rings. The van der Waals surface area contributed by atoms with E-state index in [0.29, 0.717) is 16.1 Å². The third-order valence-corrected chi connectivity index (χ3v) is 3.69. The van der Waals surface area contributed by atoms with Crippen LogP contribution in [0.5, 0.6) is 0 Å². The number of halogens is 1. The number of hydrogen-bond acceptors (Lipinski definition) is 6. The van der Waals surface area contributed by atoms with E-state index in [9.17, 15) is 9.59 Å². The van der Waals surface area contributed by atoms with Gasteiger partial charge in [0.2, 0.25) is 5.88 Å². The maximum atomic E-state index is 12.4. The first-order valence-corrected chi connectivity index (χ1v) is 8.12. The van der Waals surface area contributed by atoms with Crippen molar-refractivity contribution in [2.24, 2.45) is 0 Å². The lowest BCUT2D eigenvalue weighted by Crippen LogP contribution is -2.15. The highest BCUT2D eigenvalue weighted by Gasteiger charge is 2.27. The monoisotopic (exact) mass is 371 g/mol. The van der Waals surface area contributed by atoms with Crippen LogP contribution in [0.1, 0.15) is 27.6 Å². The average molecular weight is 372 g/mol. The normalized spacial score (nSPS) is 10.4. The summed E-state index contributed by atoms with van der Waals surface area (Å²) < 4.78 is 10.3. The smallest absolute Gasteiger partial charge is 0.346 e. The van der Waals surface area contributed by atoms with Crippen LogP contribution >= 0.6 is 11.6 Å². The van der Waals surface area contributed by atoms with Crippen LogP contribution in [0.2, 0.25) is 5.02 Å². The molecule has 0 atom stereocenters. The van der Waals surface area contributed by atoms with Crippen LogP contribution in [0.4, 0.5) is 5.88 Å². The van der Waals surface area contributed by atoms with E-state index in [1.54, 1.807) is 49.5 Å². The first-order chi connectivity index (χ1) is 12.6. The fourth-order valence-electron chi connectivity index (χ4n) is 2.25. The molecule has 0 saturated carbocycles. The van der Waals surface area contributed by atoms with E-state index in [1.165, 1.54) is 6.20 Å². The van der Waals surface area contributed by atoms with Gasteiger partial charge in [0.05, 0.1) is 12.2 Å². The number of anilines is 1. The molecule has 0 bridgehead atoms. The fourth-order valence-corrected chi connectivity index (χ4v) is 2.37. The number of benzene rings is 1. The van der Waals surface area contributed by atoms with E-state index < -0.39 is 11.9 Å². The second-order valence-corrected chi connectivity index (χ2v) is 5.59. The van der Waals surface area contributed by atoms with Gasteiger partial charge in [-0.05, 0) is 31.2 Å². The molecule has 1 N–H and O–H groups in total. The van der Waals surface area contributed by atoms with Crippen LogP contribution in [0.3, 0.4) is 0 Å². The number of ether oxygens (including phenoxy) is 1. The topological polar surface area (TPSA) is 94.3 Å². The van der Waals surface area contributed by atoms with Crippen LogP contribution in [0, 0.1) is 0 Å². The third-order valence-electron chi connectivity index (χ3n) is 3.44. The van der Waals surface area contributed by atoms with Gasteiger partial charge in [-0.25, -0.2) is 4.79 Å². The Kier molecular flexibility index (Phi) is 5.28. The Morgan fingerprint density at radius 1 is 1.23 bits per heavy atom. The van der Waals surface area contributed by atoms with E-state index in [2.05, 4.69) is 15.5 Å². The van der Waals surface area contributed by atoms with Gasteiger partial charge in [0.1, 0.15) is 5.69 Å². The Morgan fingerprint density at radius 3 is 2.65 bits per heavy atom. The van der Waals surface area contributed by atoms with Gasteiger partial charge < -0.3 is 9.26 Å².